The minimum absolute atomic E-state index is 0.348. The van der Waals surface area contributed by atoms with Crippen LogP contribution in [0.1, 0.15) is 12.8 Å². The van der Waals surface area contributed by atoms with E-state index in [1.54, 1.807) is 0 Å². The van der Waals surface area contributed by atoms with Gasteiger partial charge in [-0.3, -0.25) is 9.59 Å². The largest absolute Gasteiger partial charge is 0.481 e. The number of hydrogen-bond acceptors (Lipinski definition) is 2. The average Bonchev–Trinajstić information content (AvgIpc) is 1.88. The van der Waals surface area contributed by atoms with Crippen molar-refractivity contribution < 1.29 is 14.7 Å². The van der Waals surface area contributed by atoms with Gasteiger partial charge in [-0.2, -0.15) is 0 Å². The van der Waals surface area contributed by atoms with Crippen LogP contribution in [0.5, 0.6) is 0 Å². The fraction of sp³-hybridized carbons (Fsp3) is 0.667. The van der Waals surface area contributed by atoms with Crippen molar-refractivity contribution in [3.05, 3.63) is 0 Å². The predicted octanol–water partition coefficient (Wildman–Crippen LogP) is -0.403. The number of carbonyl (C=O) groups excluding carboxylic acids is 1. The number of carboxylic acid groups (broad SMARTS) is 1. The van der Waals surface area contributed by atoms with E-state index in [0.717, 1.165) is 6.42 Å². The number of amides is 1. The summed E-state index contributed by atoms with van der Waals surface area (Å²) < 4.78 is 0. The Morgan fingerprint density at radius 2 is 2.40 bits per heavy atom. The van der Waals surface area contributed by atoms with Gasteiger partial charge in [0, 0.05) is 6.54 Å². The van der Waals surface area contributed by atoms with Crippen molar-refractivity contribution in [1.29, 1.82) is 0 Å². The monoisotopic (exact) mass is 143 g/mol. The molecule has 0 aromatic rings. The summed E-state index contributed by atoms with van der Waals surface area (Å²) in [7, 11) is 0. The van der Waals surface area contributed by atoms with Crippen LogP contribution in [0.2, 0.25) is 0 Å². The molecule has 1 atom stereocenters. The molecule has 4 heteroatoms. The van der Waals surface area contributed by atoms with Crippen LogP contribution in [0.25, 0.3) is 0 Å². The first-order chi connectivity index (χ1) is 4.72. The lowest BCUT2D eigenvalue weighted by atomic mass is 9.99. The second-order valence-corrected chi connectivity index (χ2v) is 2.32. The topological polar surface area (TPSA) is 66.4 Å². The average molecular weight is 143 g/mol. The molecule has 1 amide bonds. The third-order valence-electron chi connectivity index (χ3n) is 1.58. The van der Waals surface area contributed by atoms with E-state index in [9.17, 15) is 9.59 Å². The molecule has 56 valence electrons. The van der Waals surface area contributed by atoms with Gasteiger partial charge in [-0.1, -0.05) is 0 Å². The highest BCUT2D eigenvalue weighted by molar-refractivity contribution is 5.97. The minimum Gasteiger partial charge on any atom is -0.481 e. The maximum absolute atomic E-state index is 10.7. The van der Waals surface area contributed by atoms with Gasteiger partial charge in [-0.05, 0) is 12.8 Å². The maximum Gasteiger partial charge on any atom is 0.316 e. The van der Waals surface area contributed by atoms with Gasteiger partial charge in [-0.25, -0.2) is 0 Å². The van der Waals surface area contributed by atoms with Crippen molar-refractivity contribution in [1.82, 2.24) is 5.32 Å². The quantitative estimate of drug-likeness (QED) is 0.491. The van der Waals surface area contributed by atoms with Gasteiger partial charge < -0.3 is 10.4 Å². The number of piperidine rings is 1. The van der Waals surface area contributed by atoms with Crippen LogP contribution >= 0.6 is 0 Å². The molecule has 0 aromatic heterocycles. The molecule has 1 fully saturated rings. The third kappa shape index (κ3) is 1.26. The van der Waals surface area contributed by atoms with Crippen LogP contribution in [0, 0.1) is 5.92 Å². The van der Waals surface area contributed by atoms with E-state index < -0.39 is 11.9 Å². The SMILES string of the molecule is O=C(O)[C@H]1CCCNC1=O. The van der Waals surface area contributed by atoms with E-state index in [1.807, 2.05) is 0 Å². The van der Waals surface area contributed by atoms with Crippen molar-refractivity contribution in [2.75, 3.05) is 6.54 Å². The summed E-state index contributed by atoms with van der Waals surface area (Å²) in [5.74, 6) is -2.18. The number of hydrogen-bond donors (Lipinski definition) is 2. The Bertz CT molecular complexity index is 166. The molecule has 0 radical (unpaired) electrons. The van der Waals surface area contributed by atoms with Crippen LogP contribution < -0.4 is 5.32 Å². The molecule has 0 bridgehead atoms. The van der Waals surface area contributed by atoms with Crippen LogP contribution in [0.15, 0.2) is 0 Å². The Morgan fingerprint density at radius 3 is 2.80 bits per heavy atom. The molecule has 4 nitrogen and oxygen atoms in total. The fourth-order valence-electron chi connectivity index (χ4n) is 1.01. The zero-order chi connectivity index (χ0) is 7.56. The van der Waals surface area contributed by atoms with E-state index >= 15 is 0 Å². The van der Waals surface area contributed by atoms with Crippen LogP contribution in [0.3, 0.4) is 0 Å². The minimum atomic E-state index is -1.02. The fourth-order valence-corrected chi connectivity index (χ4v) is 1.01. The number of carbonyl (C=O) groups is 2. The summed E-state index contributed by atoms with van der Waals surface area (Å²) in [4.78, 5) is 21.0. The molecule has 1 saturated heterocycles. The van der Waals surface area contributed by atoms with Crippen LogP contribution in [-0.4, -0.2) is 23.5 Å². The zero-order valence-corrected chi connectivity index (χ0v) is 5.46. The van der Waals surface area contributed by atoms with E-state index in [1.165, 1.54) is 0 Å². The number of nitrogens with one attached hydrogen (secondary N) is 1. The summed E-state index contributed by atoms with van der Waals surface area (Å²) in [5.41, 5.74) is 0. The number of aliphatic carboxylic acids is 1. The summed E-state index contributed by atoms with van der Waals surface area (Å²) in [6, 6.07) is 0. The van der Waals surface area contributed by atoms with Gasteiger partial charge in [0.15, 0.2) is 0 Å². The van der Waals surface area contributed by atoms with Gasteiger partial charge in [0.25, 0.3) is 0 Å². The van der Waals surface area contributed by atoms with Crippen molar-refractivity contribution >= 4 is 11.9 Å². The normalized spacial score (nSPS) is 25.6. The maximum atomic E-state index is 10.7. The Balaban J connectivity index is 2.56. The van der Waals surface area contributed by atoms with Crippen LogP contribution in [0.4, 0.5) is 0 Å². The third-order valence-corrected chi connectivity index (χ3v) is 1.58. The highest BCUT2D eigenvalue weighted by atomic mass is 16.4. The molecule has 0 aliphatic carbocycles. The Kier molecular flexibility index (Phi) is 1.89. The molecule has 1 rings (SSSR count). The van der Waals surface area contributed by atoms with Crippen molar-refractivity contribution in [2.24, 2.45) is 5.92 Å². The number of rotatable bonds is 1. The summed E-state index contributed by atoms with van der Waals surface area (Å²) >= 11 is 0. The standard InChI is InChI=1S/C6H9NO3/c8-5-4(6(9)10)2-1-3-7-5/h4H,1-3H2,(H,7,8)(H,9,10)/t4-/m0/s1. The Morgan fingerprint density at radius 1 is 1.70 bits per heavy atom. The summed E-state index contributed by atoms with van der Waals surface area (Å²) in [6.45, 7) is 0.614. The first kappa shape index (κ1) is 7.05. The van der Waals surface area contributed by atoms with E-state index in [4.69, 9.17) is 5.11 Å². The second kappa shape index (κ2) is 2.68. The zero-order valence-electron chi connectivity index (χ0n) is 5.46. The summed E-state index contributed by atoms with van der Waals surface area (Å²) in [6.07, 6.45) is 1.24. The van der Waals surface area contributed by atoms with Crippen molar-refractivity contribution in [3.63, 3.8) is 0 Å². The molecule has 1 aliphatic rings. The predicted molar refractivity (Wildman–Crippen MR) is 33.4 cm³/mol. The first-order valence-electron chi connectivity index (χ1n) is 3.22. The Hall–Kier alpha value is -1.06. The lowest BCUT2D eigenvalue weighted by Crippen LogP contribution is -2.40. The van der Waals surface area contributed by atoms with Crippen LogP contribution in [-0.2, 0) is 9.59 Å². The number of carboxylic acids is 1. The highest BCUT2D eigenvalue weighted by Gasteiger charge is 2.28. The van der Waals surface area contributed by atoms with E-state index in [0.29, 0.717) is 13.0 Å². The molecule has 0 aromatic carbocycles. The van der Waals surface area contributed by atoms with Crippen molar-refractivity contribution in [3.8, 4) is 0 Å². The lowest BCUT2D eigenvalue weighted by Gasteiger charge is -2.17. The van der Waals surface area contributed by atoms with Gasteiger partial charge in [0.05, 0.1) is 0 Å². The lowest BCUT2D eigenvalue weighted by molar-refractivity contribution is -0.148. The summed E-state index contributed by atoms with van der Waals surface area (Å²) in [5, 5.41) is 10.9. The highest BCUT2D eigenvalue weighted by Crippen LogP contribution is 2.10. The van der Waals surface area contributed by atoms with Crippen molar-refractivity contribution in [2.45, 2.75) is 12.8 Å². The molecular weight excluding hydrogens is 134 g/mol. The molecule has 10 heavy (non-hydrogen) atoms. The first-order valence-corrected chi connectivity index (χ1v) is 3.22. The molecule has 2 N–H and O–H groups in total. The molecular formula is C6H9NO3. The second-order valence-electron chi connectivity index (χ2n) is 2.32. The van der Waals surface area contributed by atoms with Gasteiger partial charge in [0.2, 0.25) is 5.91 Å². The van der Waals surface area contributed by atoms with Gasteiger partial charge >= 0.3 is 5.97 Å². The van der Waals surface area contributed by atoms with E-state index in [-0.39, 0.29) is 5.91 Å². The molecule has 1 heterocycles. The van der Waals surface area contributed by atoms with E-state index in [2.05, 4.69) is 5.32 Å². The molecule has 0 unspecified atom stereocenters. The van der Waals surface area contributed by atoms with Gasteiger partial charge in [-0.15, -0.1) is 0 Å². The van der Waals surface area contributed by atoms with Gasteiger partial charge in [0.1, 0.15) is 5.92 Å². The molecule has 0 spiro atoms. The molecule has 0 saturated carbocycles. The molecule has 1 aliphatic heterocycles. The smallest absolute Gasteiger partial charge is 0.316 e. The Labute approximate surface area is 58.2 Å².